The highest BCUT2D eigenvalue weighted by atomic mass is 16.1. The molecule has 0 saturated carbocycles. The van der Waals surface area contributed by atoms with Crippen LogP contribution in [-0.2, 0) is 6.67 Å². The number of hydrogen-bond acceptors (Lipinski definition) is 2. The molecule has 1 N–H and O–H groups in total. The lowest BCUT2D eigenvalue weighted by Gasteiger charge is -2.03. The van der Waals surface area contributed by atoms with Gasteiger partial charge in [-0.05, 0) is 19.1 Å². The summed E-state index contributed by atoms with van der Waals surface area (Å²) in [6, 6.07) is 5.80. The Labute approximate surface area is 81.0 Å². The summed E-state index contributed by atoms with van der Waals surface area (Å²) >= 11 is 0. The minimum absolute atomic E-state index is 0.141. The molecule has 1 aliphatic rings. The first kappa shape index (κ1) is 7.62. The largest absolute Gasteiger partial charge is 0.366 e. The fourth-order valence-corrected chi connectivity index (χ4v) is 2.04. The molecule has 0 saturated heterocycles. The number of aromatic nitrogens is 1. The lowest BCUT2D eigenvalue weighted by atomic mass is 10.1. The van der Waals surface area contributed by atoms with Crippen LogP contribution in [0.5, 0.6) is 0 Å². The number of hydrogen-bond donors (Lipinski definition) is 1. The molecule has 3 heteroatoms. The molecule has 3 nitrogen and oxygen atoms in total. The molecule has 1 aliphatic heterocycles. The number of para-hydroxylation sites is 1. The molecule has 0 radical (unpaired) electrons. The molecule has 14 heavy (non-hydrogen) atoms. The molecular formula is C11H10N2O. The molecule has 0 spiro atoms. The first-order chi connectivity index (χ1) is 6.77. The van der Waals surface area contributed by atoms with Crippen LogP contribution >= 0.6 is 0 Å². The standard InChI is InChI=1S/C11H10N2O/c1-7-5-13-6-12-9-4-2-3-8(10(9)13)11(7)14/h2-5,12H,6H2,1H3. The van der Waals surface area contributed by atoms with E-state index in [1.54, 1.807) is 0 Å². The molecule has 0 atom stereocenters. The van der Waals surface area contributed by atoms with Crippen LogP contribution in [0.3, 0.4) is 0 Å². The Morgan fingerprint density at radius 2 is 2.29 bits per heavy atom. The molecular weight excluding hydrogens is 176 g/mol. The summed E-state index contributed by atoms with van der Waals surface area (Å²) in [5, 5.41) is 4.06. The Morgan fingerprint density at radius 3 is 3.14 bits per heavy atom. The maximum atomic E-state index is 11.8. The fraction of sp³-hybridized carbons (Fsp3) is 0.182. The summed E-state index contributed by atoms with van der Waals surface area (Å²) in [6.45, 7) is 2.62. The van der Waals surface area contributed by atoms with E-state index in [9.17, 15) is 4.79 Å². The summed E-state index contributed by atoms with van der Waals surface area (Å²) in [4.78, 5) is 11.8. The zero-order chi connectivity index (χ0) is 9.71. The van der Waals surface area contributed by atoms with Crippen LogP contribution in [0.25, 0.3) is 10.9 Å². The van der Waals surface area contributed by atoms with Crippen LogP contribution in [0.15, 0.2) is 29.2 Å². The van der Waals surface area contributed by atoms with Gasteiger partial charge in [0.1, 0.15) is 0 Å². The number of nitrogens with one attached hydrogen (secondary N) is 1. The monoisotopic (exact) mass is 186 g/mol. The van der Waals surface area contributed by atoms with Gasteiger partial charge in [-0.25, -0.2) is 0 Å². The van der Waals surface area contributed by atoms with Gasteiger partial charge in [0, 0.05) is 17.1 Å². The van der Waals surface area contributed by atoms with Gasteiger partial charge in [0.15, 0.2) is 5.43 Å². The quantitative estimate of drug-likeness (QED) is 0.679. The number of pyridine rings is 1. The molecule has 70 valence electrons. The van der Waals surface area contributed by atoms with Crippen LogP contribution in [0.2, 0.25) is 0 Å². The van der Waals surface area contributed by atoms with Crippen molar-refractivity contribution in [2.45, 2.75) is 13.6 Å². The van der Waals surface area contributed by atoms with Gasteiger partial charge in [-0.2, -0.15) is 0 Å². The van der Waals surface area contributed by atoms with Crippen molar-refractivity contribution in [1.82, 2.24) is 4.57 Å². The van der Waals surface area contributed by atoms with E-state index in [1.807, 2.05) is 31.3 Å². The molecule has 1 aromatic heterocycles. The molecule has 1 aromatic carbocycles. The van der Waals surface area contributed by atoms with Crippen molar-refractivity contribution >= 4 is 16.6 Å². The van der Waals surface area contributed by atoms with Crippen molar-refractivity contribution < 1.29 is 0 Å². The zero-order valence-corrected chi connectivity index (χ0v) is 7.87. The van der Waals surface area contributed by atoms with Crippen molar-refractivity contribution in [3.63, 3.8) is 0 Å². The SMILES string of the molecule is Cc1cn2c3c(cccc3c1=O)NC2. The minimum Gasteiger partial charge on any atom is -0.366 e. The molecule has 0 fully saturated rings. The van der Waals surface area contributed by atoms with Crippen LogP contribution in [0, 0.1) is 6.92 Å². The second-order valence-corrected chi connectivity index (χ2v) is 3.65. The van der Waals surface area contributed by atoms with E-state index < -0.39 is 0 Å². The molecule has 0 aliphatic carbocycles. The highest BCUT2D eigenvalue weighted by Crippen LogP contribution is 2.26. The predicted molar refractivity (Wildman–Crippen MR) is 56.6 cm³/mol. The molecule has 0 unspecified atom stereocenters. The highest BCUT2D eigenvalue weighted by Gasteiger charge is 2.14. The predicted octanol–water partition coefficient (Wildman–Crippen LogP) is 1.69. The summed E-state index contributed by atoms with van der Waals surface area (Å²) in [7, 11) is 0. The second kappa shape index (κ2) is 2.38. The first-order valence-corrected chi connectivity index (χ1v) is 4.64. The van der Waals surface area contributed by atoms with Crippen molar-refractivity contribution in [1.29, 1.82) is 0 Å². The van der Waals surface area contributed by atoms with Gasteiger partial charge >= 0.3 is 0 Å². The Bertz CT molecular complexity index is 584. The Balaban J connectivity index is 2.64. The van der Waals surface area contributed by atoms with E-state index in [0.717, 1.165) is 28.8 Å². The Morgan fingerprint density at radius 1 is 1.43 bits per heavy atom. The summed E-state index contributed by atoms with van der Waals surface area (Å²) in [5.41, 5.74) is 3.03. The average Bonchev–Trinajstić information content (AvgIpc) is 2.59. The van der Waals surface area contributed by atoms with Crippen molar-refractivity contribution in [3.8, 4) is 0 Å². The number of aryl methyl sites for hydroxylation is 1. The normalized spacial score (nSPS) is 13.2. The fourth-order valence-electron chi connectivity index (χ4n) is 2.04. The number of benzene rings is 1. The van der Waals surface area contributed by atoms with Crippen LogP contribution < -0.4 is 10.7 Å². The third-order valence-corrected chi connectivity index (χ3v) is 2.72. The third-order valence-electron chi connectivity index (χ3n) is 2.72. The maximum Gasteiger partial charge on any atom is 0.192 e. The average molecular weight is 186 g/mol. The van der Waals surface area contributed by atoms with E-state index in [0.29, 0.717) is 0 Å². The third kappa shape index (κ3) is 0.789. The van der Waals surface area contributed by atoms with Gasteiger partial charge in [-0.3, -0.25) is 4.79 Å². The van der Waals surface area contributed by atoms with Crippen LogP contribution in [-0.4, -0.2) is 4.57 Å². The van der Waals surface area contributed by atoms with E-state index in [-0.39, 0.29) is 5.43 Å². The highest BCUT2D eigenvalue weighted by molar-refractivity contribution is 5.92. The van der Waals surface area contributed by atoms with E-state index >= 15 is 0 Å². The lowest BCUT2D eigenvalue weighted by Crippen LogP contribution is -2.09. The van der Waals surface area contributed by atoms with Gasteiger partial charge in [0.25, 0.3) is 0 Å². The smallest absolute Gasteiger partial charge is 0.192 e. The molecule has 2 heterocycles. The van der Waals surface area contributed by atoms with Gasteiger partial charge in [0.05, 0.1) is 17.9 Å². The maximum absolute atomic E-state index is 11.8. The van der Waals surface area contributed by atoms with Crippen molar-refractivity contribution in [2.24, 2.45) is 0 Å². The van der Waals surface area contributed by atoms with E-state index in [1.165, 1.54) is 0 Å². The van der Waals surface area contributed by atoms with Gasteiger partial charge in [0.2, 0.25) is 0 Å². The molecule has 0 bridgehead atoms. The number of rotatable bonds is 0. The summed E-state index contributed by atoms with van der Waals surface area (Å²) in [5.74, 6) is 0. The molecule has 3 rings (SSSR count). The van der Waals surface area contributed by atoms with Crippen molar-refractivity contribution in [3.05, 3.63) is 40.2 Å². The van der Waals surface area contributed by atoms with Crippen LogP contribution in [0.1, 0.15) is 5.56 Å². The number of anilines is 1. The van der Waals surface area contributed by atoms with Crippen LogP contribution in [0.4, 0.5) is 5.69 Å². The minimum atomic E-state index is 0.141. The second-order valence-electron chi connectivity index (χ2n) is 3.65. The van der Waals surface area contributed by atoms with Gasteiger partial charge in [-0.1, -0.05) is 6.07 Å². The lowest BCUT2D eigenvalue weighted by molar-refractivity contribution is 0.830. The Kier molecular flexibility index (Phi) is 1.29. The number of nitrogens with zero attached hydrogens (tertiary/aromatic N) is 1. The molecule has 2 aromatic rings. The first-order valence-electron chi connectivity index (χ1n) is 4.64. The topological polar surface area (TPSA) is 34.0 Å². The summed E-state index contributed by atoms with van der Waals surface area (Å²) < 4.78 is 2.08. The summed E-state index contributed by atoms with van der Waals surface area (Å²) in [6.07, 6.45) is 1.91. The molecule has 0 amide bonds. The zero-order valence-electron chi connectivity index (χ0n) is 7.87. The van der Waals surface area contributed by atoms with Crippen molar-refractivity contribution in [2.75, 3.05) is 5.32 Å². The van der Waals surface area contributed by atoms with E-state index in [2.05, 4.69) is 9.88 Å². The van der Waals surface area contributed by atoms with Gasteiger partial charge < -0.3 is 9.88 Å². The van der Waals surface area contributed by atoms with E-state index in [4.69, 9.17) is 0 Å². The Hall–Kier alpha value is -1.77. The van der Waals surface area contributed by atoms with Gasteiger partial charge in [-0.15, -0.1) is 0 Å².